The van der Waals surface area contributed by atoms with E-state index in [9.17, 15) is 8.78 Å². The summed E-state index contributed by atoms with van der Waals surface area (Å²) in [6.07, 6.45) is 1.46. The lowest BCUT2D eigenvalue weighted by Crippen LogP contribution is -2.04. The molecule has 0 bridgehead atoms. The molecule has 0 amide bonds. The summed E-state index contributed by atoms with van der Waals surface area (Å²) in [6, 6.07) is 2.80. The maximum Gasteiger partial charge on any atom is 0.234 e. The number of aromatic nitrogens is 5. The first kappa shape index (κ1) is 14.6. The van der Waals surface area contributed by atoms with Crippen LogP contribution in [-0.2, 0) is 6.42 Å². The van der Waals surface area contributed by atoms with E-state index in [1.165, 1.54) is 28.1 Å². The molecule has 9 heteroatoms. The average molecular weight is 396 g/mol. The van der Waals surface area contributed by atoms with Crippen molar-refractivity contribution in [3.63, 3.8) is 0 Å². The van der Waals surface area contributed by atoms with E-state index in [1.54, 1.807) is 6.07 Å². The summed E-state index contributed by atoms with van der Waals surface area (Å²) in [5.41, 5.74) is 0.195. The van der Waals surface area contributed by atoms with Gasteiger partial charge >= 0.3 is 0 Å². The second kappa shape index (κ2) is 5.27. The van der Waals surface area contributed by atoms with Crippen LogP contribution in [0.3, 0.4) is 0 Å². The molecule has 3 heterocycles. The summed E-state index contributed by atoms with van der Waals surface area (Å²) in [7, 11) is 0. The predicted molar refractivity (Wildman–Crippen MR) is 85.6 cm³/mol. The molecule has 4 rings (SSSR count). The van der Waals surface area contributed by atoms with E-state index < -0.39 is 11.6 Å². The van der Waals surface area contributed by atoms with Crippen molar-refractivity contribution in [2.75, 3.05) is 0 Å². The highest BCUT2D eigenvalue weighted by Gasteiger charge is 2.19. The SMILES string of the molecule is Cc1nn2c(Cc3c(F)cc4ncc(Br)cc4c3F)nnc2s1. The zero-order valence-corrected chi connectivity index (χ0v) is 14.1. The summed E-state index contributed by atoms with van der Waals surface area (Å²) < 4.78 is 31.2. The molecule has 0 spiro atoms. The van der Waals surface area contributed by atoms with Gasteiger partial charge in [-0.05, 0) is 28.9 Å². The number of hydrogen-bond donors (Lipinski definition) is 0. The average Bonchev–Trinajstić information content (AvgIpc) is 3.04. The summed E-state index contributed by atoms with van der Waals surface area (Å²) in [5, 5.41) is 13.3. The molecule has 0 fully saturated rings. The molecule has 5 nitrogen and oxygen atoms in total. The molecule has 116 valence electrons. The maximum absolute atomic E-state index is 14.7. The quantitative estimate of drug-likeness (QED) is 0.519. The number of pyridine rings is 1. The van der Waals surface area contributed by atoms with E-state index in [1.807, 2.05) is 6.92 Å². The molecule has 0 saturated carbocycles. The van der Waals surface area contributed by atoms with E-state index in [0.29, 0.717) is 15.3 Å². The van der Waals surface area contributed by atoms with Crippen LogP contribution in [0.15, 0.2) is 22.8 Å². The third kappa shape index (κ3) is 2.40. The van der Waals surface area contributed by atoms with Gasteiger partial charge in [0.15, 0.2) is 5.82 Å². The van der Waals surface area contributed by atoms with Gasteiger partial charge in [-0.1, -0.05) is 11.3 Å². The standard InChI is InChI=1S/C14H8BrF2N5S/c1-6-21-22-12(19-20-14(22)23-6)3-8-10(16)4-11-9(13(8)17)2-7(15)5-18-11/h2,4-5H,3H2,1H3. The first-order chi connectivity index (χ1) is 11.0. The second-order valence-corrected chi connectivity index (χ2v) is 7.06. The third-order valence-corrected chi connectivity index (χ3v) is 4.68. The highest BCUT2D eigenvalue weighted by Crippen LogP contribution is 2.27. The van der Waals surface area contributed by atoms with Crippen LogP contribution in [0.1, 0.15) is 16.4 Å². The van der Waals surface area contributed by atoms with Crippen LogP contribution in [-0.4, -0.2) is 24.8 Å². The van der Waals surface area contributed by atoms with Gasteiger partial charge in [-0.25, -0.2) is 8.78 Å². The van der Waals surface area contributed by atoms with E-state index in [4.69, 9.17) is 0 Å². The van der Waals surface area contributed by atoms with Crippen LogP contribution in [0.25, 0.3) is 15.9 Å². The van der Waals surface area contributed by atoms with Gasteiger partial charge in [-0.2, -0.15) is 9.61 Å². The van der Waals surface area contributed by atoms with Crippen molar-refractivity contribution in [2.45, 2.75) is 13.3 Å². The third-order valence-electron chi connectivity index (χ3n) is 3.43. The van der Waals surface area contributed by atoms with Crippen LogP contribution in [0, 0.1) is 18.6 Å². The van der Waals surface area contributed by atoms with Crippen molar-refractivity contribution in [1.29, 1.82) is 0 Å². The minimum atomic E-state index is -0.659. The Kier molecular flexibility index (Phi) is 3.34. The fraction of sp³-hybridized carbons (Fsp3) is 0.143. The summed E-state index contributed by atoms with van der Waals surface area (Å²) in [4.78, 5) is 4.62. The number of fused-ring (bicyclic) bond motifs is 2. The van der Waals surface area contributed by atoms with Crippen LogP contribution in [0.5, 0.6) is 0 Å². The first-order valence-electron chi connectivity index (χ1n) is 6.63. The lowest BCUT2D eigenvalue weighted by Gasteiger charge is -2.07. The molecule has 1 aromatic carbocycles. The second-order valence-electron chi connectivity index (χ2n) is 4.98. The van der Waals surface area contributed by atoms with Crippen molar-refractivity contribution >= 4 is 43.1 Å². The molecule has 0 aliphatic rings. The molecule has 0 N–H and O–H groups in total. The van der Waals surface area contributed by atoms with Gasteiger partial charge in [0, 0.05) is 34.1 Å². The van der Waals surface area contributed by atoms with E-state index in [-0.39, 0.29) is 22.9 Å². The fourth-order valence-electron chi connectivity index (χ4n) is 2.40. The Morgan fingerprint density at radius 3 is 2.91 bits per heavy atom. The molecule has 4 aromatic rings. The van der Waals surface area contributed by atoms with Crippen molar-refractivity contribution in [2.24, 2.45) is 0 Å². The van der Waals surface area contributed by atoms with Gasteiger partial charge in [0.1, 0.15) is 16.6 Å². The van der Waals surface area contributed by atoms with Crippen LogP contribution in [0.2, 0.25) is 0 Å². The number of aryl methyl sites for hydroxylation is 1. The van der Waals surface area contributed by atoms with E-state index >= 15 is 0 Å². The van der Waals surface area contributed by atoms with Crippen molar-refractivity contribution in [3.05, 3.63) is 50.8 Å². The van der Waals surface area contributed by atoms with Crippen molar-refractivity contribution in [1.82, 2.24) is 24.8 Å². The normalized spacial score (nSPS) is 11.7. The monoisotopic (exact) mass is 395 g/mol. The largest absolute Gasteiger partial charge is 0.255 e. The van der Waals surface area contributed by atoms with Crippen LogP contribution >= 0.6 is 27.3 Å². The van der Waals surface area contributed by atoms with Gasteiger partial charge in [0.05, 0.1) is 5.52 Å². The number of benzene rings is 1. The molecule has 23 heavy (non-hydrogen) atoms. The molecule has 3 aromatic heterocycles. The summed E-state index contributed by atoms with van der Waals surface area (Å²) in [5.74, 6) is -0.907. The molecule has 0 saturated heterocycles. The number of hydrogen-bond acceptors (Lipinski definition) is 5. The van der Waals surface area contributed by atoms with Crippen LogP contribution < -0.4 is 0 Å². The van der Waals surface area contributed by atoms with Crippen molar-refractivity contribution < 1.29 is 8.78 Å². The van der Waals surface area contributed by atoms with Gasteiger partial charge < -0.3 is 0 Å². The minimum absolute atomic E-state index is 0.0372. The molecule has 0 aliphatic carbocycles. The Balaban J connectivity index is 1.88. The van der Waals surface area contributed by atoms with Gasteiger partial charge in [-0.15, -0.1) is 10.2 Å². The topological polar surface area (TPSA) is 56.0 Å². The highest BCUT2D eigenvalue weighted by atomic mass is 79.9. The Morgan fingerprint density at radius 2 is 2.09 bits per heavy atom. The number of halogens is 3. The fourth-order valence-corrected chi connectivity index (χ4v) is 3.43. The number of rotatable bonds is 2. The summed E-state index contributed by atoms with van der Waals surface area (Å²) in [6.45, 7) is 1.84. The molecule has 0 aliphatic heterocycles. The van der Waals surface area contributed by atoms with Crippen molar-refractivity contribution in [3.8, 4) is 0 Å². The first-order valence-corrected chi connectivity index (χ1v) is 8.24. The van der Waals surface area contributed by atoms with Gasteiger partial charge in [-0.3, -0.25) is 4.98 Å². The summed E-state index contributed by atoms with van der Waals surface area (Å²) >= 11 is 4.62. The Bertz CT molecular complexity index is 1060. The lowest BCUT2D eigenvalue weighted by molar-refractivity contribution is 0.566. The molecule has 0 radical (unpaired) electrons. The zero-order chi connectivity index (χ0) is 16.1. The van der Waals surface area contributed by atoms with E-state index in [0.717, 1.165) is 5.01 Å². The van der Waals surface area contributed by atoms with E-state index in [2.05, 4.69) is 36.2 Å². The Hall–Kier alpha value is -2.00. The van der Waals surface area contributed by atoms with Gasteiger partial charge in [0.2, 0.25) is 4.96 Å². The molecule has 0 atom stereocenters. The minimum Gasteiger partial charge on any atom is -0.255 e. The lowest BCUT2D eigenvalue weighted by atomic mass is 10.1. The van der Waals surface area contributed by atoms with Crippen LogP contribution in [0.4, 0.5) is 8.78 Å². The van der Waals surface area contributed by atoms with Gasteiger partial charge in [0.25, 0.3) is 0 Å². The molecular formula is C14H8BrF2N5S. The Morgan fingerprint density at radius 1 is 1.26 bits per heavy atom. The smallest absolute Gasteiger partial charge is 0.234 e. The number of nitrogens with zero attached hydrogens (tertiary/aromatic N) is 5. The maximum atomic E-state index is 14.7. The Labute approximate surface area is 141 Å². The zero-order valence-electron chi connectivity index (χ0n) is 11.7. The molecule has 0 unspecified atom stereocenters. The predicted octanol–water partition coefficient (Wildman–Crippen LogP) is 3.67. The highest BCUT2D eigenvalue weighted by molar-refractivity contribution is 9.10. The molecular weight excluding hydrogens is 388 g/mol.